The summed E-state index contributed by atoms with van der Waals surface area (Å²) in [5, 5.41) is 8.50. The van der Waals surface area contributed by atoms with Crippen molar-refractivity contribution in [1.82, 2.24) is 4.90 Å². The van der Waals surface area contributed by atoms with Gasteiger partial charge in [-0.3, -0.25) is 9.59 Å². The molecule has 1 unspecified atom stereocenters. The van der Waals surface area contributed by atoms with Gasteiger partial charge in [0, 0.05) is 25.9 Å². The average Bonchev–Trinajstić information content (AvgIpc) is 2.38. The third kappa shape index (κ3) is 4.64. The summed E-state index contributed by atoms with van der Waals surface area (Å²) < 4.78 is 0. The van der Waals surface area contributed by atoms with Crippen LogP contribution in [0.5, 0.6) is 0 Å². The maximum atomic E-state index is 11.7. The number of nitrogens with zero attached hydrogens (tertiary/aromatic N) is 1. The molecule has 0 aromatic heterocycles. The van der Waals surface area contributed by atoms with Crippen LogP contribution < -0.4 is 0 Å². The van der Waals surface area contributed by atoms with E-state index in [1.165, 1.54) is 0 Å². The Morgan fingerprint density at radius 1 is 1.44 bits per heavy atom. The first-order valence-electron chi connectivity index (χ1n) is 6.09. The van der Waals surface area contributed by atoms with Gasteiger partial charge in [0.1, 0.15) is 0 Å². The van der Waals surface area contributed by atoms with Crippen LogP contribution in [0.2, 0.25) is 0 Å². The lowest BCUT2D eigenvalue weighted by Crippen LogP contribution is -2.31. The standard InChI is InChI=1S/C12H21NO3/c1-10-5-6-11(14)13(9-7-10)8-3-2-4-12(15)16/h10H,2-9H2,1H3,(H,15,16). The molecule has 1 atom stereocenters. The van der Waals surface area contributed by atoms with Gasteiger partial charge in [0.25, 0.3) is 0 Å². The van der Waals surface area contributed by atoms with Crippen molar-refractivity contribution in [3.63, 3.8) is 0 Å². The van der Waals surface area contributed by atoms with Gasteiger partial charge in [-0.2, -0.15) is 0 Å². The van der Waals surface area contributed by atoms with Crippen LogP contribution in [0, 0.1) is 5.92 Å². The van der Waals surface area contributed by atoms with Crippen molar-refractivity contribution in [2.24, 2.45) is 5.92 Å². The third-order valence-electron chi connectivity index (χ3n) is 3.16. The Bertz CT molecular complexity index is 253. The number of aliphatic carboxylic acids is 1. The predicted octanol–water partition coefficient (Wildman–Crippen LogP) is 1.89. The molecule has 1 rings (SSSR count). The van der Waals surface area contributed by atoms with Crippen molar-refractivity contribution < 1.29 is 14.7 Å². The van der Waals surface area contributed by atoms with Gasteiger partial charge in [0.2, 0.25) is 5.91 Å². The second-order valence-electron chi connectivity index (χ2n) is 4.66. The Kier molecular flexibility index (Phi) is 5.29. The van der Waals surface area contributed by atoms with E-state index in [2.05, 4.69) is 6.92 Å². The molecule has 1 amide bonds. The molecular weight excluding hydrogens is 206 g/mol. The van der Waals surface area contributed by atoms with Crippen LogP contribution in [0.4, 0.5) is 0 Å². The monoisotopic (exact) mass is 227 g/mol. The fraction of sp³-hybridized carbons (Fsp3) is 0.833. The van der Waals surface area contributed by atoms with E-state index in [0.29, 0.717) is 18.8 Å². The molecule has 1 saturated heterocycles. The Hall–Kier alpha value is -1.06. The van der Waals surface area contributed by atoms with E-state index >= 15 is 0 Å². The number of hydrogen-bond donors (Lipinski definition) is 1. The van der Waals surface area contributed by atoms with Crippen LogP contribution in [-0.4, -0.2) is 35.0 Å². The molecule has 16 heavy (non-hydrogen) atoms. The largest absolute Gasteiger partial charge is 0.481 e. The number of carboxylic acids is 1. The highest BCUT2D eigenvalue weighted by molar-refractivity contribution is 5.76. The van der Waals surface area contributed by atoms with E-state index in [-0.39, 0.29) is 12.3 Å². The summed E-state index contributed by atoms with van der Waals surface area (Å²) >= 11 is 0. The van der Waals surface area contributed by atoms with E-state index in [0.717, 1.165) is 32.4 Å². The molecule has 0 aliphatic carbocycles. The fourth-order valence-corrected chi connectivity index (χ4v) is 1.99. The molecule has 0 saturated carbocycles. The van der Waals surface area contributed by atoms with Crippen LogP contribution >= 0.6 is 0 Å². The molecule has 1 N–H and O–H groups in total. The molecule has 0 radical (unpaired) electrons. The van der Waals surface area contributed by atoms with Crippen LogP contribution in [0.3, 0.4) is 0 Å². The average molecular weight is 227 g/mol. The highest BCUT2D eigenvalue weighted by atomic mass is 16.4. The molecule has 1 fully saturated rings. The van der Waals surface area contributed by atoms with E-state index < -0.39 is 5.97 Å². The highest BCUT2D eigenvalue weighted by Gasteiger charge is 2.19. The van der Waals surface area contributed by atoms with Gasteiger partial charge < -0.3 is 10.0 Å². The zero-order valence-corrected chi connectivity index (χ0v) is 9.95. The summed E-state index contributed by atoms with van der Waals surface area (Å²) in [4.78, 5) is 23.9. The number of carboxylic acid groups (broad SMARTS) is 1. The molecule has 4 nitrogen and oxygen atoms in total. The number of carbonyl (C=O) groups excluding carboxylic acids is 1. The zero-order valence-electron chi connectivity index (χ0n) is 9.95. The molecule has 0 bridgehead atoms. The summed E-state index contributed by atoms with van der Waals surface area (Å²) in [6, 6.07) is 0. The van der Waals surface area contributed by atoms with Gasteiger partial charge in [0.05, 0.1) is 0 Å². The van der Waals surface area contributed by atoms with Gasteiger partial charge in [-0.05, 0) is 31.6 Å². The first-order chi connectivity index (χ1) is 7.59. The first kappa shape index (κ1) is 13.0. The summed E-state index contributed by atoms with van der Waals surface area (Å²) in [5.74, 6) is 0.114. The predicted molar refractivity (Wildman–Crippen MR) is 61.1 cm³/mol. The third-order valence-corrected chi connectivity index (χ3v) is 3.16. The zero-order chi connectivity index (χ0) is 12.0. The van der Waals surface area contributed by atoms with Crippen LogP contribution in [-0.2, 0) is 9.59 Å². The minimum Gasteiger partial charge on any atom is -0.481 e. The van der Waals surface area contributed by atoms with Crippen molar-refractivity contribution in [3.05, 3.63) is 0 Å². The van der Waals surface area contributed by atoms with Gasteiger partial charge in [-0.1, -0.05) is 6.92 Å². The summed E-state index contributed by atoms with van der Waals surface area (Å²) in [6.45, 7) is 3.74. The second kappa shape index (κ2) is 6.51. The summed E-state index contributed by atoms with van der Waals surface area (Å²) in [7, 11) is 0. The Labute approximate surface area is 96.6 Å². The minimum absolute atomic E-state index is 0.207. The smallest absolute Gasteiger partial charge is 0.303 e. The van der Waals surface area contributed by atoms with Crippen molar-refractivity contribution >= 4 is 11.9 Å². The Balaban J connectivity index is 2.24. The van der Waals surface area contributed by atoms with Gasteiger partial charge in [0.15, 0.2) is 0 Å². The lowest BCUT2D eigenvalue weighted by Gasteiger charge is -2.20. The van der Waals surface area contributed by atoms with Crippen molar-refractivity contribution in [2.75, 3.05) is 13.1 Å². The topological polar surface area (TPSA) is 57.6 Å². The highest BCUT2D eigenvalue weighted by Crippen LogP contribution is 2.17. The van der Waals surface area contributed by atoms with E-state index in [1.54, 1.807) is 0 Å². The van der Waals surface area contributed by atoms with E-state index in [4.69, 9.17) is 5.11 Å². The number of likely N-dealkylation sites (tertiary alicyclic amines) is 1. The lowest BCUT2D eigenvalue weighted by molar-refractivity contribution is -0.137. The number of amides is 1. The maximum absolute atomic E-state index is 11.7. The Morgan fingerprint density at radius 3 is 2.88 bits per heavy atom. The molecular formula is C12H21NO3. The van der Waals surface area contributed by atoms with Crippen LogP contribution in [0.25, 0.3) is 0 Å². The van der Waals surface area contributed by atoms with Gasteiger partial charge in [-0.25, -0.2) is 0 Å². The number of hydrogen-bond acceptors (Lipinski definition) is 2. The summed E-state index contributed by atoms with van der Waals surface area (Å²) in [6.07, 6.45) is 4.38. The Morgan fingerprint density at radius 2 is 2.19 bits per heavy atom. The van der Waals surface area contributed by atoms with E-state index in [1.807, 2.05) is 4.90 Å². The molecule has 1 aliphatic heterocycles. The molecule has 0 aromatic carbocycles. The quantitative estimate of drug-likeness (QED) is 0.730. The maximum Gasteiger partial charge on any atom is 0.303 e. The molecule has 1 aliphatic rings. The van der Waals surface area contributed by atoms with Gasteiger partial charge >= 0.3 is 5.97 Å². The molecule has 1 heterocycles. The van der Waals surface area contributed by atoms with Crippen LogP contribution in [0.15, 0.2) is 0 Å². The molecule has 4 heteroatoms. The number of rotatable bonds is 5. The number of carbonyl (C=O) groups is 2. The van der Waals surface area contributed by atoms with Crippen molar-refractivity contribution in [3.8, 4) is 0 Å². The molecule has 92 valence electrons. The van der Waals surface area contributed by atoms with Crippen LogP contribution in [0.1, 0.15) is 45.4 Å². The molecule has 0 spiro atoms. The summed E-state index contributed by atoms with van der Waals surface area (Å²) in [5.41, 5.74) is 0. The second-order valence-corrected chi connectivity index (χ2v) is 4.66. The van der Waals surface area contributed by atoms with Crippen molar-refractivity contribution in [2.45, 2.75) is 45.4 Å². The lowest BCUT2D eigenvalue weighted by atomic mass is 10.0. The fourth-order valence-electron chi connectivity index (χ4n) is 1.99. The van der Waals surface area contributed by atoms with E-state index in [9.17, 15) is 9.59 Å². The van der Waals surface area contributed by atoms with Crippen molar-refractivity contribution in [1.29, 1.82) is 0 Å². The minimum atomic E-state index is -0.754. The first-order valence-corrected chi connectivity index (χ1v) is 6.09. The number of unbranched alkanes of at least 4 members (excludes halogenated alkanes) is 1. The SMILES string of the molecule is CC1CCC(=O)N(CCCCC(=O)O)CC1. The van der Waals surface area contributed by atoms with Gasteiger partial charge in [-0.15, -0.1) is 0 Å². The molecule has 0 aromatic rings. The normalized spacial score (nSPS) is 21.9.